The number of hydrogen-bond acceptors (Lipinski definition) is 6. The highest BCUT2D eigenvalue weighted by Gasteiger charge is 2.41. The summed E-state index contributed by atoms with van der Waals surface area (Å²) in [7, 11) is 3.24. The third-order valence-corrected chi connectivity index (χ3v) is 8.57. The molecule has 0 spiro atoms. The van der Waals surface area contributed by atoms with E-state index in [2.05, 4.69) is 0 Å². The van der Waals surface area contributed by atoms with Crippen LogP contribution in [0.4, 0.5) is 0 Å². The number of carbonyl (C=O) groups excluding carboxylic acids is 1. The first-order chi connectivity index (χ1) is 16.1. The minimum absolute atomic E-state index is 0.0188. The molecule has 3 fully saturated rings. The Kier molecular flexibility index (Phi) is 6.52. The van der Waals surface area contributed by atoms with Gasteiger partial charge >= 0.3 is 0 Å². The Balaban J connectivity index is 1.33. The van der Waals surface area contributed by atoms with Gasteiger partial charge in [0.2, 0.25) is 0 Å². The van der Waals surface area contributed by atoms with Crippen molar-refractivity contribution < 1.29 is 18.7 Å². The molecule has 3 aliphatic rings. The van der Waals surface area contributed by atoms with Crippen molar-refractivity contribution in [1.29, 1.82) is 0 Å². The van der Waals surface area contributed by atoms with Gasteiger partial charge in [0, 0.05) is 23.7 Å². The highest BCUT2D eigenvalue weighted by atomic mass is 32.2. The number of methoxy groups -OCH3 is 2. The summed E-state index contributed by atoms with van der Waals surface area (Å²) in [5.41, 5.74) is 0.850. The first kappa shape index (κ1) is 22.5. The molecule has 0 N–H and O–H groups in total. The van der Waals surface area contributed by atoms with Gasteiger partial charge in [-0.2, -0.15) is 0 Å². The van der Waals surface area contributed by atoms with Crippen LogP contribution in [0, 0.1) is 11.8 Å². The average molecular weight is 484 g/mol. The maximum Gasteiger partial charge on any atom is 0.266 e. The Morgan fingerprint density at radius 3 is 2.48 bits per heavy atom. The lowest BCUT2D eigenvalue weighted by atomic mass is 9.69. The summed E-state index contributed by atoms with van der Waals surface area (Å²) in [5, 5.41) is 0. The van der Waals surface area contributed by atoms with Crippen LogP contribution in [-0.4, -0.2) is 35.4 Å². The lowest BCUT2D eigenvalue weighted by Gasteiger charge is -2.41. The summed E-state index contributed by atoms with van der Waals surface area (Å²) in [6.07, 6.45) is 10.5. The van der Waals surface area contributed by atoms with Gasteiger partial charge in [0.25, 0.3) is 5.91 Å². The molecule has 2 aromatic rings. The number of hydrogen-bond donors (Lipinski definition) is 0. The largest absolute Gasteiger partial charge is 0.497 e. The summed E-state index contributed by atoms with van der Waals surface area (Å²) in [4.78, 5) is 15.8. The molecule has 2 saturated carbocycles. The van der Waals surface area contributed by atoms with Gasteiger partial charge in [0.15, 0.2) is 0 Å². The number of ether oxygens (including phenoxy) is 2. The molecule has 2 aliphatic carbocycles. The van der Waals surface area contributed by atoms with Gasteiger partial charge in [-0.1, -0.05) is 49.7 Å². The molecule has 2 heterocycles. The lowest BCUT2D eigenvalue weighted by molar-refractivity contribution is -0.124. The highest BCUT2D eigenvalue weighted by Crippen LogP contribution is 2.45. The molecule has 0 radical (unpaired) electrons. The summed E-state index contributed by atoms with van der Waals surface area (Å²) in [6, 6.07) is 9.61. The second-order valence-corrected chi connectivity index (χ2v) is 10.8. The van der Waals surface area contributed by atoms with Crippen molar-refractivity contribution in [3.8, 4) is 22.8 Å². The molecular formula is C26H29NO4S2. The van der Waals surface area contributed by atoms with E-state index in [9.17, 15) is 4.79 Å². The second-order valence-electron chi connectivity index (χ2n) is 9.13. The van der Waals surface area contributed by atoms with Crippen molar-refractivity contribution in [3.63, 3.8) is 0 Å². The van der Waals surface area contributed by atoms with Crippen LogP contribution < -0.4 is 9.47 Å². The van der Waals surface area contributed by atoms with Crippen LogP contribution in [0.1, 0.15) is 50.7 Å². The van der Waals surface area contributed by atoms with Crippen molar-refractivity contribution in [2.45, 2.75) is 51.0 Å². The number of thioether (sulfide) groups is 1. The number of rotatable bonds is 5. The van der Waals surface area contributed by atoms with Gasteiger partial charge < -0.3 is 13.9 Å². The van der Waals surface area contributed by atoms with E-state index in [0.717, 1.165) is 30.2 Å². The maximum absolute atomic E-state index is 13.3. The summed E-state index contributed by atoms with van der Waals surface area (Å²) in [6.45, 7) is 0. The number of carbonyl (C=O) groups is 1. The van der Waals surface area contributed by atoms with Crippen LogP contribution in [-0.2, 0) is 4.79 Å². The number of thiocarbonyl (C=S) groups is 1. The summed E-state index contributed by atoms with van der Waals surface area (Å²) >= 11 is 7.03. The molecule has 1 aromatic heterocycles. The normalized spacial score (nSPS) is 26.5. The highest BCUT2D eigenvalue weighted by molar-refractivity contribution is 8.26. The van der Waals surface area contributed by atoms with Gasteiger partial charge in [0.1, 0.15) is 27.3 Å². The van der Waals surface area contributed by atoms with E-state index in [0.29, 0.717) is 32.2 Å². The average Bonchev–Trinajstić information content (AvgIpc) is 3.42. The predicted octanol–water partition coefficient (Wildman–Crippen LogP) is 6.52. The summed E-state index contributed by atoms with van der Waals surface area (Å²) < 4.78 is 17.4. The Morgan fingerprint density at radius 2 is 1.76 bits per heavy atom. The fraction of sp³-hybridized carbons (Fsp3) is 0.462. The monoisotopic (exact) mass is 483 g/mol. The van der Waals surface area contributed by atoms with Crippen LogP contribution >= 0.6 is 24.0 Å². The number of amides is 1. The minimum atomic E-state index is 0.0188. The van der Waals surface area contributed by atoms with Crippen molar-refractivity contribution in [2.75, 3.05) is 14.2 Å². The Hall–Kier alpha value is -2.25. The number of fused-ring (bicyclic) bond motifs is 1. The number of furan rings is 1. The van der Waals surface area contributed by atoms with Crippen LogP contribution in [0.2, 0.25) is 0 Å². The molecule has 7 heteroatoms. The molecule has 3 unspecified atom stereocenters. The van der Waals surface area contributed by atoms with Crippen molar-refractivity contribution >= 4 is 40.3 Å². The Labute approximate surface area is 204 Å². The Bertz CT molecular complexity index is 1070. The first-order valence-electron chi connectivity index (χ1n) is 11.7. The fourth-order valence-corrected chi connectivity index (χ4v) is 6.92. The zero-order valence-corrected chi connectivity index (χ0v) is 20.7. The van der Waals surface area contributed by atoms with Crippen LogP contribution in [0.5, 0.6) is 11.5 Å². The van der Waals surface area contributed by atoms with E-state index in [1.54, 1.807) is 14.2 Å². The van der Waals surface area contributed by atoms with Gasteiger partial charge in [0.05, 0.1) is 19.1 Å². The van der Waals surface area contributed by atoms with Gasteiger partial charge in [-0.15, -0.1) is 0 Å². The molecule has 1 aliphatic heterocycles. The van der Waals surface area contributed by atoms with E-state index in [1.807, 2.05) is 41.3 Å². The van der Waals surface area contributed by atoms with Crippen molar-refractivity contribution in [3.05, 3.63) is 41.0 Å². The third kappa shape index (κ3) is 4.58. The van der Waals surface area contributed by atoms with Gasteiger partial charge in [-0.25, -0.2) is 0 Å². The third-order valence-electron chi connectivity index (χ3n) is 7.24. The molecule has 1 amide bonds. The topological polar surface area (TPSA) is 51.9 Å². The zero-order valence-electron chi connectivity index (χ0n) is 19.0. The van der Waals surface area contributed by atoms with Gasteiger partial charge in [-0.05, 0) is 55.4 Å². The van der Waals surface area contributed by atoms with E-state index < -0.39 is 0 Å². The summed E-state index contributed by atoms with van der Waals surface area (Å²) in [5.74, 6) is 4.31. The molecule has 5 rings (SSSR count). The lowest BCUT2D eigenvalue weighted by Crippen LogP contribution is -2.44. The molecule has 33 heavy (non-hydrogen) atoms. The molecular weight excluding hydrogens is 454 g/mol. The number of benzene rings is 1. The second kappa shape index (κ2) is 9.55. The van der Waals surface area contributed by atoms with Crippen molar-refractivity contribution in [2.24, 2.45) is 11.8 Å². The molecule has 174 valence electrons. The van der Waals surface area contributed by atoms with E-state index >= 15 is 0 Å². The molecule has 1 saturated heterocycles. The molecule has 3 atom stereocenters. The zero-order chi connectivity index (χ0) is 22.9. The molecule has 0 bridgehead atoms. The first-order valence-corrected chi connectivity index (χ1v) is 12.9. The smallest absolute Gasteiger partial charge is 0.266 e. The maximum atomic E-state index is 13.3. The van der Waals surface area contributed by atoms with Crippen molar-refractivity contribution in [1.82, 2.24) is 4.90 Å². The molecule has 5 nitrogen and oxygen atoms in total. The predicted molar refractivity (Wildman–Crippen MR) is 135 cm³/mol. The SMILES string of the molecule is COc1cc(OC)cc(-c2ccc(/C=C3/SC(=S)N(C4CCC5CCCCC5C4)C3=O)o2)c1. The van der Waals surface area contributed by atoms with E-state index in [4.69, 9.17) is 26.1 Å². The number of nitrogens with zero attached hydrogens (tertiary/aromatic N) is 1. The minimum Gasteiger partial charge on any atom is -0.497 e. The fourth-order valence-electron chi connectivity index (χ4n) is 5.54. The quantitative estimate of drug-likeness (QED) is 0.356. The van der Waals surface area contributed by atoms with Gasteiger partial charge in [-0.3, -0.25) is 9.69 Å². The van der Waals surface area contributed by atoms with E-state index in [1.165, 1.54) is 43.9 Å². The molecule has 1 aromatic carbocycles. The Morgan fingerprint density at radius 1 is 1.03 bits per heavy atom. The van der Waals surface area contributed by atoms with Crippen LogP contribution in [0.25, 0.3) is 17.4 Å². The standard InChI is InChI=1S/C26H29NO4S2/c1-29-21-12-18(13-22(14-21)30-2)23-10-9-20(31-23)15-24-25(28)27(26(32)33-24)19-8-7-16-5-3-4-6-17(16)11-19/h9-10,12-17,19H,3-8,11H2,1-2H3/b24-15+. The van der Waals surface area contributed by atoms with E-state index in [-0.39, 0.29) is 11.9 Å². The van der Waals surface area contributed by atoms with Crippen LogP contribution in [0.15, 0.2) is 39.7 Å². The van der Waals surface area contributed by atoms with Crippen LogP contribution in [0.3, 0.4) is 0 Å².